The van der Waals surface area contributed by atoms with Gasteiger partial charge in [0.05, 0.1) is 0 Å². The van der Waals surface area contributed by atoms with Crippen LogP contribution in [0, 0.1) is 12.8 Å². The molecular weight excluding hydrogens is 236 g/mol. The van der Waals surface area contributed by atoms with Gasteiger partial charge in [-0.25, -0.2) is 0 Å². The van der Waals surface area contributed by atoms with Crippen molar-refractivity contribution in [3.8, 4) is 5.75 Å². The number of nitrogens with zero attached hydrogens (tertiary/aromatic N) is 1. The van der Waals surface area contributed by atoms with Gasteiger partial charge >= 0.3 is 0 Å². The Balaban J connectivity index is 1.68. The average molecular weight is 262 g/mol. The lowest BCUT2D eigenvalue weighted by Gasteiger charge is -2.28. The van der Waals surface area contributed by atoms with Gasteiger partial charge in [-0.15, -0.1) is 0 Å². The fourth-order valence-electron chi connectivity index (χ4n) is 2.74. The maximum absolute atomic E-state index is 9.93. The van der Waals surface area contributed by atoms with E-state index in [1.54, 1.807) is 0 Å². The second-order valence-electron chi connectivity index (χ2n) is 5.79. The van der Waals surface area contributed by atoms with E-state index in [0.29, 0.717) is 5.75 Å². The van der Waals surface area contributed by atoms with Crippen LogP contribution < -0.4 is 5.32 Å². The first kappa shape index (κ1) is 14.4. The first-order valence-corrected chi connectivity index (χ1v) is 7.33. The Morgan fingerprint density at radius 1 is 1.32 bits per heavy atom. The van der Waals surface area contributed by atoms with Gasteiger partial charge in [-0.05, 0) is 64.3 Å². The predicted molar refractivity (Wildman–Crippen MR) is 79.4 cm³/mol. The summed E-state index contributed by atoms with van der Waals surface area (Å²) in [5, 5.41) is 13.4. The van der Waals surface area contributed by atoms with Crippen LogP contribution in [0.2, 0.25) is 0 Å². The zero-order chi connectivity index (χ0) is 13.7. The summed E-state index contributed by atoms with van der Waals surface area (Å²) in [6, 6.07) is 5.94. The molecule has 1 aromatic carbocycles. The number of rotatable bonds is 5. The minimum absolute atomic E-state index is 0.439. The Hall–Kier alpha value is -1.06. The lowest BCUT2D eigenvalue weighted by atomic mass is 9.94. The molecule has 1 aromatic rings. The van der Waals surface area contributed by atoms with E-state index in [-0.39, 0.29) is 0 Å². The molecule has 2 rings (SSSR count). The van der Waals surface area contributed by atoms with Gasteiger partial charge in [-0.2, -0.15) is 0 Å². The molecule has 0 amide bonds. The molecule has 1 saturated heterocycles. The SMILES string of the molecule is Cc1cccc(CNCCC2CCN(C)CC2)c1O. The average Bonchev–Trinajstić information content (AvgIpc) is 2.41. The van der Waals surface area contributed by atoms with Gasteiger partial charge in [0.25, 0.3) is 0 Å². The summed E-state index contributed by atoms with van der Waals surface area (Å²) >= 11 is 0. The van der Waals surface area contributed by atoms with Crippen LogP contribution in [0.3, 0.4) is 0 Å². The van der Waals surface area contributed by atoms with Crippen LogP contribution in [0.15, 0.2) is 18.2 Å². The highest BCUT2D eigenvalue weighted by atomic mass is 16.3. The summed E-state index contributed by atoms with van der Waals surface area (Å²) in [4.78, 5) is 2.41. The Morgan fingerprint density at radius 3 is 2.79 bits per heavy atom. The smallest absolute Gasteiger partial charge is 0.122 e. The second kappa shape index (κ2) is 6.92. The van der Waals surface area contributed by atoms with E-state index in [0.717, 1.165) is 30.1 Å². The van der Waals surface area contributed by atoms with E-state index in [2.05, 4.69) is 17.3 Å². The number of piperidine rings is 1. The van der Waals surface area contributed by atoms with Crippen LogP contribution in [0.25, 0.3) is 0 Å². The fraction of sp³-hybridized carbons (Fsp3) is 0.625. The quantitative estimate of drug-likeness (QED) is 0.800. The minimum atomic E-state index is 0.439. The molecule has 0 aliphatic carbocycles. The van der Waals surface area contributed by atoms with Gasteiger partial charge in [0.15, 0.2) is 0 Å². The molecule has 0 spiro atoms. The summed E-state index contributed by atoms with van der Waals surface area (Å²) in [6.07, 6.45) is 3.90. The number of likely N-dealkylation sites (tertiary alicyclic amines) is 1. The molecule has 0 unspecified atom stereocenters. The number of hydrogen-bond donors (Lipinski definition) is 2. The lowest BCUT2D eigenvalue weighted by molar-refractivity contribution is 0.211. The highest BCUT2D eigenvalue weighted by Crippen LogP contribution is 2.21. The van der Waals surface area contributed by atoms with Gasteiger partial charge in [0, 0.05) is 12.1 Å². The Morgan fingerprint density at radius 2 is 2.05 bits per heavy atom. The summed E-state index contributed by atoms with van der Waals surface area (Å²) < 4.78 is 0. The highest BCUT2D eigenvalue weighted by molar-refractivity contribution is 5.39. The molecule has 3 heteroatoms. The molecule has 2 N–H and O–H groups in total. The third-order valence-corrected chi connectivity index (χ3v) is 4.20. The summed E-state index contributed by atoms with van der Waals surface area (Å²) in [5.74, 6) is 1.31. The van der Waals surface area contributed by atoms with Crippen molar-refractivity contribution in [2.75, 3.05) is 26.7 Å². The Bertz CT molecular complexity index is 398. The van der Waals surface area contributed by atoms with Gasteiger partial charge in [0.2, 0.25) is 0 Å². The molecule has 106 valence electrons. The van der Waals surface area contributed by atoms with Crippen molar-refractivity contribution in [3.05, 3.63) is 29.3 Å². The Kier molecular flexibility index (Phi) is 5.23. The van der Waals surface area contributed by atoms with E-state index in [4.69, 9.17) is 0 Å². The van der Waals surface area contributed by atoms with Crippen molar-refractivity contribution in [1.82, 2.24) is 10.2 Å². The van der Waals surface area contributed by atoms with Crippen molar-refractivity contribution >= 4 is 0 Å². The zero-order valence-corrected chi connectivity index (χ0v) is 12.2. The number of phenols is 1. The molecule has 0 saturated carbocycles. The van der Waals surface area contributed by atoms with Crippen LogP contribution in [-0.4, -0.2) is 36.7 Å². The van der Waals surface area contributed by atoms with Gasteiger partial charge in [-0.1, -0.05) is 18.2 Å². The van der Waals surface area contributed by atoms with E-state index in [1.165, 1.54) is 32.4 Å². The molecule has 1 aliphatic rings. The predicted octanol–water partition coefficient (Wildman–Crippen LogP) is 2.52. The van der Waals surface area contributed by atoms with Crippen molar-refractivity contribution in [2.24, 2.45) is 5.92 Å². The van der Waals surface area contributed by atoms with E-state index in [1.807, 2.05) is 25.1 Å². The van der Waals surface area contributed by atoms with Crippen LogP contribution in [0.5, 0.6) is 5.75 Å². The number of aromatic hydroxyl groups is 1. The standard InChI is InChI=1S/C16H26N2O/c1-13-4-3-5-15(16(13)19)12-17-9-6-14-7-10-18(2)11-8-14/h3-5,14,17,19H,6-12H2,1-2H3. The van der Waals surface area contributed by atoms with Gasteiger partial charge in [-0.3, -0.25) is 0 Å². The third-order valence-electron chi connectivity index (χ3n) is 4.20. The van der Waals surface area contributed by atoms with Gasteiger partial charge < -0.3 is 15.3 Å². The number of nitrogens with one attached hydrogen (secondary N) is 1. The summed E-state index contributed by atoms with van der Waals surface area (Å²) in [7, 11) is 2.20. The van der Waals surface area contributed by atoms with Crippen LogP contribution in [0.1, 0.15) is 30.4 Å². The molecule has 1 heterocycles. The Labute approximate surface area is 116 Å². The van der Waals surface area contributed by atoms with Crippen LogP contribution in [-0.2, 0) is 6.54 Å². The van der Waals surface area contributed by atoms with E-state index in [9.17, 15) is 5.11 Å². The molecule has 0 bridgehead atoms. The van der Waals surface area contributed by atoms with Crippen molar-refractivity contribution in [1.29, 1.82) is 0 Å². The topological polar surface area (TPSA) is 35.5 Å². The largest absolute Gasteiger partial charge is 0.507 e. The van der Waals surface area contributed by atoms with Gasteiger partial charge in [0.1, 0.15) is 5.75 Å². The summed E-state index contributed by atoms with van der Waals surface area (Å²) in [5.41, 5.74) is 1.96. The number of para-hydroxylation sites is 1. The molecule has 3 nitrogen and oxygen atoms in total. The first-order chi connectivity index (χ1) is 9.16. The highest BCUT2D eigenvalue weighted by Gasteiger charge is 2.15. The molecule has 0 radical (unpaired) electrons. The monoisotopic (exact) mass is 262 g/mol. The first-order valence-electron chi connectivity index (χ1n) is 7.33. The molecule has 1 aliphatic heterocycles. The molecule has 19 heavy (non-hydrogen) atoms. The number of phenolic OH excluding ortho intramolecular Hbond substituents is 1. The fourth-order valence-corrected chi connectivity index (χ4v) is 2.74. The number of hydrogen-bond acceptors (Lipinski definition) is 3. The van der Waals surface area contributed by atoms with Crippen molar-refractivity contribution < 1.29 is 5.11 Å². The molecular formula is C16H26N2O. The molecule has 0 aromatic heterocycles. The molecule has 0 atom stereocenters. The maximum Gasteiger partial charge on any atom is 0.122 e. The zero-order valence-electron chi connectivity index (χ0n) is 12.2. The van der Waals surface area contributed by atoms with Crippen molar-refractivity contribution in [2.45, 2.75) is 32.7 Å². The normalized spacial score (nSPS) is 17.8. The lowest BCUT2D eigenvalue weighted by Crippen LogP contribution is -2.31. The second-order valence-corrected chi connectivity index (χ2v) is 5.79. The van der Waals surface area contributed by atoms with Crippen LogP contribution in [0.4, 0.5) is 0 Å². The van der Waals surface area contributed by atoms with E-state index < -0.39 is 0 Å². The molecule has 1 fully saturated rings. The van der Waals surface area contributed by atoms with Crippen molar-refractivity contribution in [3.63, 3.8) is 0 Å². The van der Waals surface area contributed by atoms with Crippen LogP contribution >= 0.6 is 0 Å². The minimum Gasteiger partial charge on any atom is -0.507 e. The summed E-state index contributed by atoms with van der Waals surface area (Å²) in [6.45, 7) is 6.23. The third kappa shape index (κ3) is 4.22. The maximum atomic E-state index is 9.93. The van der Waals surface area contributed by atoms with E-state index >= 15 is 0 Å². The number of aryl methyl sites for hydroxylation is 1. The number of benzene rings is 1.